The first-order chi connectivity index (χ1) is 4.43. The van der Waals surface area contributed by atoms with Crippen LogP contribution in [0, 0.1) is 0 Å². The van der Waals surface area contributed by atoms with Crippen LogP contribution in [0.15, 0.2) is 0 Å². The molecule has 2 nitrogen and oxygen atoms in total. The zero-order valence-electron chi connectivity index (χ0n) is 5.93. The highest BCUT2D eigenvalue weighted by molar-refractivity contribution is 4.61. The second-order valence-corrected chi connectivity index (χ2v) is 2.27. The van der Waals surface area contributed by atoms with Crippen molar-refractivity contribution < 1.29 is 9.47 Å². The smallest absolute Gasteiger partial charge is 0.0618 e. The molecule has 0 amide bonds. The van der Waals surface area contributed by atoms with Crippen LogP contribution < -0.4 is 0 Å². The fourth-order valence-electron chi connectivity index (χ4n) is 1.08. The topological polar surface area (TPSA) is 18.5 Å². The molecule has 0 N–H and O–H groups in total. The molecule has 1 rings (SSSR count). The zero-order chi connectivity index (χ0) is 6.53. The second-order valence-electron chi connectivity index (χ2n) is 2.27. The molecule has 54 valence electrons. The molecule has 0 saturated carbocycles. The van der Waals surface area contributed by atoms with Gasteiger partial charge in [0.2, 0.25) is 0 Å². The summed E-state index contributed by atoms with van der Waals surface area (Å²) in [6.07, 6.45) is 2.63. The van der Waals surface area contributed by atoms with E-state index in [2.05, 4.69) is 0 Å². The molecule has 1 fully saturated rings. The number of hydrogen-bond donors (Lipinski definition) is 0. The maximum atomic E-state index is 5.40. The van der Waals surface area contributed by atoms with Gasteiger partial charge in [0.05, 0.1) is 6.10 Å². The van der Waals surface area contributed by atoms with Crippen LogP contribution in [0.3, 0.4) is 0 Å². The summed E-state index contributed by atoms with van der Waals surface area (Å²) in [6, 6.07) is 0. The van der Waals surface area contributed by atoms with E-state index in [9.17, 15) is 0 Å². The highest BCUT2D eigenvalue weighted by Gasteiger charge is 2.12. The molecule has 1 saturated heterocycles. The molecule has 0 aliphatic carbocycles. The summed E-state index contributed by atoms with van der Waals surface area (Å²) in [7, 11) is 0. The molecular formula is C7H14O2. The standard InChI is InChI=1S/C7H14O2/c1-2-9-7-3-5-8-6-4-7/h7H,2-6H2,1H3. The first-order valence-corrected chi connectivity index (χ1v) is 3.63. The van der Waals surface area contributed by atoms with Gasteiger partial charge in [-0.2, -0.15) is 0 Å². The Morgan fingerprint density at radius 3 is 2.67 bits per heavy atom. The Morgan fingerprint density at radius 1 is 1.44 bits per heavy atom. The fraction of sp³-hybridized carbons (Fsp3) is 1.00. The average Bonchev–Trinajstić information content (AvgIpc) is 1.91. The molecule has 0 bridgehead atoms. The molecule has 9 heavy (non-hydrogen) atoms. The highest BCUT2D eigenvalue weighted by atomic mass is 16.5. The van der Waals surface area contributed by atoms with Gasteiger partial charge in [0, 0.05) is 19.8 Å². The Balaban J connectivity index is 2.08. The SMILES string of the molecule is CCOC1CCOCC1. The van der Waals surface area contributed by atoms with E-state index < -0.39 is 0 Å². The highest BCUT2D eigenvalue weighted by Crippen LogP contribution is 2.09. The molecule has 0 radical (unpaired) electrons. The van der Waals surface area contributed by atoms with E-state index in [0.29, 0.717) is 6.10 Å². The predicted octanol–water partition coefficient (Wildman–Crippen LogP) is 1.20. The van der Waals surface area contributed by atoms with E-state index in [1.807, 2.05) is 6.92 Å². The lowest BCUT2D eigenvalue weighted by Gasteiger charge is -2.21. The van der Waals surface area contributed by atoms with E-state index in [-0.39, 0.29) is 0 Å². The fourth-order valence-corrected chi connectivity index (χ4v) is 1.08. The third kappa shape index (κ3) is 2.33. The minimum atomic E-state index is 0.476. The molecule has 1 aliphatic rings. The first kappa shape index (κ1) is 7.03. The predicted molar refractivity (Wildman–Crippen MR) is 35.5 cm³/mol. The lowest BCUT2D eigenvalue weighted by atomic mass is 10.2. The van der Waals surface area contributed by atoms with Gasteiger partial charge in [-0.15, -0.1) is 0 Å². The van der Waals surface area contributed by atoms with Crippen LogP contribution in [0.25, 0.3) is 0 Å². The van der Waals surface area contributed by atoms with Gasteiger partial charge in [0.1, 0.15) is 0 Å². The molecular weight excluding hydrogens is 116 g/mol. The molecule has 2 heteroatoms. The summed E-state index contributed by atoms with van der Waals surface area (Å²) in [5.41, 5.74) is 0. The number of rotatable bonds is 2. The maximum Gasteiger partial charge on any atom is 0.0618 e. The van der Waals surface area contributed by atoms with Gasteiger partial charge in [0.25, 0.3) is 0 Å². The maximum absolute atomic E-state index is 5.40. The molecule has 0 spiro atoms. The lowest BCUT2D eigenvalue weighted by Crippen LogP contribution is -2.23. The number of hydrogen-bond acceptors (Lipinski definition) is 2. The van der Waals surface area contributed by atoms with Crippen molar-refractivity contribution >= 4 is 0 Å². The Morgan fingerprint density at radius 2 is 2.11 bits per heavy atom. The van der Waals surface area contributed by atoms with Gasteiger partial charge in [0.15, 0.2) is 0 Å². The van der Waals surface area contributed by atoms with E-state index >= 15 is 0 Å². The zero-order valence-corrected chi connectivity index (χ0v) is 5.93. The van der Waals surface area contributed by atoms with Crippen molar-refractivity contribution in [1.82, 2.24) is 0 Å². The van der Waals surface area contributed by atoms with Crippen molar-refractivity contribution in [3.63, 3.8) is 0 Å². The van der Waals surface area contributed by atoms with Crippen molar-refractivity contribution in [2.75, 3.05) is 19.8 Å². The monoisotopic (exact) mass is 130 g/mol. The molecule has 0 unspecified atom stereocenters. The van der Waals surface area contributed by atoms with E-state index in [4.69, 9.17) is 9.47 Å². The van der Waals surface area contributed by atoms with Crippen LogP contribution in [-0.4, -0.2) is 25.9 Å². The molecule has 1 aliphatic heterocycles. The summed E-state index contributed by atoms with van der Waals surface area (Å²) in [5.74, 6) is 0. The lowest BCUT2D eigenvalue weighted by molar-refractivity contribution is -0.0273. The van der Waals surface area contributed by atoms with Crippen molar-refractivity contribution in [2.45, 2.75) is 25.9 Å². The summed E-state index contributed by atoms with van der Waals surface area (Å²) in [6.45, 7) is 4.63. The normalized spacial score (nSPS) is 22.3. The third-order valence-electron chi connectivity index (χ3n) is 1.57. The minimum Gasteiger partial charge on any atom is -0.381 e. The van der Waals surface area contributed by atoms with Crippen molar-refractivity contribution in [1.29, 1.82) is 0 Å². The summed E-state index contributed by atoms with van der Waals surface area (Å²) >= 11 is 0. The van der Waals surface area contributed by atoms with Gasteiger partial charge >= 0.3 is 0 Å². The van der Waals surface area contributed by atoms with Crippen LogP contribution in [0.4, 0.5) is 0 Å². The molecule has 0 atom stereocenters. The first-order valence-electron chi connectivity index (χ1n) is 3.63. The van der Waals surface area contributed by atoms with E-state index in [0.717, 1.165) is 32.7 Å². The van der Waals surface area contributed by atoms with Crippen LogP contribution in [0.1, 0.15) is 19.8 Å². The van der Waals surface area contributed by atoms with Gasteiger partial charge in [-0.05, 0) is 19.8 Å². The van der Waals surface area contributed by atoms with E-state index in [1.54, 1.807) is 0 Å². The van der Waals surface area contributed by atoms with Gasteiger partial charge in [-0.25, -0.2) is 0 Å². The molecule has 0 aromatic heterocycles. The molecule has 0 aromatic carbocycles. The van der Waals surface area contributed by atoms with Crippen molar-refractivity contribution in [3.8, 4) is 0 Å². The third-order valence-corrected chi connectivity index (χ3v) is 1.57. The Labute approximate surface area is 56.2 Å². The molecule has 0 aromatic rings. The summed E-state index contributed by atoms with van der Waals surface area (Å²) in [5, 5.41) is 0. The van der Waals surface area contributed by atoms with Gasteiger partial charge in [-0.3, -0.25) is 0 Å². The Bertz CT molecular complexity index is 64.6. The average molecular weight is 130 g/mol. The summed E-state index contributed by atoms with van der Waals surface area (Å²) in [4.78, 5) is 0. The Kier molecular flexibility index (Phi) is 3.01. The quantitative estimate of drug-likeness (QED) is 0.559. The Hall–Kier alpha value is -0.0800. The second kappa shape index (κ2) is 3.85. The van der Waals surface area contributed by atoms with Crippen LogP contribution in [-0.2, 0) is 9.47 Å². The van der Waals surface area contributed by atoms with Crippen LogP contribution in [0.5, 0.6) is 0 Å². The number of ether oxygens (including phenoxy) is 2. The van der Waals surface area contributed by atoms with Crippen LogP contribution >= 0.6 is 0 Å². The summed E-state index contributed by atoms with van der Waals surface area (Å²) < 4.78 is 10.6. The van der Waals surface area contributed by atoms with Crippen LogP contribution in [0.2, 0.25) is 0 Å². The van der Waals surface area contributed by atoms with Gasteiger partial charge < -0.3 is 9.47 Å². The van der Waals surface area contributed by atoms with Gasteiger partial charge in [-0.1, -0.05) is 0 Å². The largest absolute Gasteiger partial charge is 0.381 e. The molecule has 1 heterocycles. The van der Waals surface area contributed by atoms with Crippen molar-refractivity contribution in [3.05, 3.63) is 0 Å². The van der Waals surface area contributed by atoms with Crippen molar-refractivity contribution in [2.24, 2.45) is 0 Å². The minimum absolute atomic E-state index is 0.476. The van der Waals surface area contributed by atoms with E-state index in [1.165, 1.54) is 0 Å².